The van der Waals surface area contributed by atoms with E-state index >= 15 is 0 Å². The first kappa shape index (κ1) is 9.92. The maximum Gasteiger partial charge on any atom is 0.0607 e. The molecule has 2 nitrogen and oxygen atoms in total. The van der Waals surface area contributed by atoms with E-state index in [1.807, 2.05) is 6.92 Å². The fraction of sp³-hybridized carbons (Fsp3) is 1.00. The van der Waals surface area contributed by atoms with Crippen molar-refractivity contribution in [2.75, 3.05) is 0 Å². The van der Waals surface area contributed by atoms with Crippen LogP contribution in [-0.4, -0.2) is 5.66 Å². The summed E-state index contributed by atoms with van der Waals surface area (Å²) < 4.78 is 0. The van der Waals surface area contributed by atoms with E-state index in [0.29, 0.717) is 0 Å². The van der Waals surface area contributed by atoms with E-state index in [1.54, 1.807) is 0 Å². The summed E-state index contributed by atoms with van der Waals surface area (Å²) in [4.78, 5) is 0. The Balaban J connectivity index is 3.21. The van der Waals surface area contributed by atoms with Gasteiger partial charge in [-0.3, -0.25) is 0 Å². The van der Waals surface area contributed by atoms with E-state index in [-0.39, 0.29) is 0 Å². The van der Waals surface area contributed by atoms with Crippen molar-refractivity contribution in [3.05, 3.63) is 0 Å². The molecule has 0 aromatic carbocycles. The van der Waals surface area contributed by atoms with Gasteiger partial charge >= 0.3 is 0 Å². The first-order valence-corrected chi connectivity index (χ1v) is 3.99. The lowest BCUT2D eigenvalue weighted by atomic mass is 10.0. The largest absolute Gasteiger partial charge is 0.314 e. The zero-order chi connectivity index (χ0) is 8.20. The smallest absolute Gasteiger partial charge is 0.0607 e. The highest BCUT2D eigenvalue weighted by Gasteiger charge is 2.09. The lowest BCUT2D eigenvalue weighted by Crippen LogP contribution is -2.45. The van der Waals surface area contributed by atoms with E-state index in [2.05, 4.69) is 13.8 Å². The molecule has 62 valence electrons. The molecule has 0 aromatic heterocycles. The van der Waals surface area contributed by atoms with Crippen LogP contribution >= 0.6 is 0 Å². The van der Waals surface area contributed by atoms with Crippen molar-refractivity contribution in [2.45, 2.75) is 45.7 Å². The molecule has 4 N–H and O–H groups in total. The monoisotopic (exact) mass is 144 g/mol. The van der Waals surface area contributed by atoms with E-state index in [9.17, 15) is 0 Å². The van der Waals surface area contributed by atoms with Crippen molar-refractivity contribution in [1.82, 2.24) is 0 Å². The lowest BCUT2D eigenvalue weighted by Gasteiger charge is -2.18. The minimum atomic E-state index is -0.463. The Morgan fingerprint density at radius 1 is 1.30 bits per heavy atom. The van der Waals surface area contributed by atoms with Gasteiger partial charge in [-0.25, -0.2) is 0 Å². The van der Waals surface area contributed by atoms with Crippen LogP contribution in [0.5, 0.6) is 0 Å². The molecule has 0 spiro atoms. The minimum absolute atomic E-state index is 0.463. The van der Waals surface area contributed by atoms with Gasteiger partial charge in [0, 0.05) is 0 Å². The average Bonchev–Trinajstić information content (AvgIpc) is 1.59. The van der Waals surface area contributed by atoms with Gasteiger partial charge < -0.3 is 11.5 Å². The third-order valence-electron chi connectivity index (χ3n) is 1.50. The Morgan fingerprint density at radius 3 is 2.10 bits per heavy atom. The van der Waals surface area contributed by atoms with Crippen LogP contribution in [-0.2, 0) is 0 Å². The molecule has 0 fully saturated rings. The minimum Gasteiger partial charge on any atom is -0.314 e. The highest BCUT2D eigenvalue weighted by atomic mass is 14.9. The van der Waals surface area contributed by atoms with Gasteiger partial charge in [0.25, 0.3) is 0 Å². The molecule has 0 aliphatic carbocycles. The maximum atomic E-state index is 5.60. The molecule has 0 radical (unpaired) electrons. The summed E-state index contributed by atoms with van der Waals surface area (Å²) in [5.74, 6) is 0.766. The molecule has 0 saturated carbocycles. The van der Waals surface area contributed by atoms with Crippen molar-refractivity contribution in [2.24, 2.45) is 17.4 Å². The van der Waals surface area contributed by atoms with Crippen LogP contribution in [0.25, 0.3) is 0 Å². The molecule has 0 saturated heterocycles. The summed E-state index contributed by atoms with van der Waals surface area (Å²) >= 11 is 0. The van der Waals surface area contributed by atoms with Crippen LogP contribution in [0.3, 0.4) is 0 Å². The third-order valence-corrected chi connectivity index (χ3v) is 1.50. The van der Waals surface area contributed by atoms with Crippen molar-refractivity contribution < 1.29 is 0 Å². The van der Waals surface area contributed by atoms with Crippen molar-refractivity contribution in [1.29, 1.82) is 0 Å². The quantitative estimate of drug-likeness (QED) is 0.587. The molecule has 10 heavy (non-hydrogen) atoms. The van der Waals surface area contributed by atoms with Gasteiger partial charge in [-0.2, -0.15) is 0 Å². The summed E-state index contributed by atoms with van der Waals surface area (Å²) in [6.45, 7) is 6.29. The Hall–Kier alpha value is -0.0800. The lowest BCUT2D eigenvalue weighted by molar-refractivity contribution is 0.406. The second-order valence-corrected chi connectivity index (χ2v) is 3.79. The van der Waals surface area contributed by atoms with Crippen LogP contribution in [0.2, 0.25) is 0 Å². The van der Waals surface area contributed by atoms with Crippen molar-refractivity contribution >= 4 is 0 Å². The second kappa shape index (κ2) is 3.94. The zero-order valence-corrected chi connectivity index (χ0v) is 7.35. The van der Waals surface area contributed by atoms with Crippen molar-refractivity contribution in [3.8, 4) is 0 Å². The Morgan fingerprint density at radius 2 is 1.80 bits per heavy atom. The topological polar surface area (TPSA) is 52.0 Å². The summed E-state index contributed by atoms with van der Waals surface area (Å²) in [5.41, 5.74) is 10.7. The molecule has 0 rings (SSSR count). The van der Waals surface area contributed by atoms with Gasteiger partial charge in [0.05, 0.1) is 5.66 Å². The molecular formula is C8H20N2. The highest BCUT2D eigenvalue weighted by molar-refractivity contribution is 4.69. The van der Waals surface area contributed by atoms with Gasteiger partial charge in [0.15, 0.2) is 0 Å². The molecular weight excluding hydrogens is 124 g/mol. The molecule has 0 heterocycles. The average molecular weight is 144 g/mol. The second-order valence-electron chi connectivity index (χ2n) is 3.79. The molecule has 0 unspecified atom stereocenters. The fourth-order valence-electron chi connectivity index (χ4n) is 0.891. The third kappa shape index (κ3) is 7.92. The van der Waals surface area contributed by atoms with Crippen molar-refractivity contribution in [3.63, 3.8) is 0 Å². The molecule has 0 amide bonds. The van der Waals surface area contributed by atoms with Crippen LogP contribution < -0.4 is 11.5 Å². The molecule has 0 aliphatic rings. The van der Waals surface area contributed by atoms with Gasteiger partial charge in [-0.1, -0.05) is 26.7 Å². The summed E-state index contributed by atoms with van der Waals surface area (Å²) in [6, 6.07) is 0. The fourth-order valence-corrected chi connectivity index (χ4v) is 0.891. The molecule has 0 bridgehead atoms. The Labute approximate surface area is 64.0 Å². The van der Waals surface area contributed by atoms with Gasteiger partial charge in [-0.05, 0) is 19.3 Å². The van der Waals surface area contributed by atoms with Crippen LogP contribution in [0, 0.1) is 5.92 Å². The van der Waals surface area contributed by atoms with E-state index in [4.69, 9.17) is 11.5 Å². The summed E-state index contributed by atoms with van der Waals surface area (Å²) in [7, 11) is 0. The number of nitrogens with two attached hydrogens (primary N) is 2. The van der Waals surface area contributed by atoms with E-state index < -0.39 is 5.66 Å². The number of hydrogen-bond donors (Lipinski definition) is 2. The molecule has 0 atom stereocenters. The Bertz CT molecular complexity index is 81.7. The summed E-state index contributed by atoms with van der Waals surface area (Å²) in [6.07, 6.45) is 3.29. The first-order chi connectivity index (χ1) is 4.42. The van der Waals surface area contributed by atoms with Gasteiger partial charge in [-0.15, -0.1) is 0 Å². The predicted molar refractivity (Wildman–Crippen MR) is 45.5 cm³/mol. The van der Waals surface area contributed by atoms with E-state index in [0.717, 1.165) is 18.8 Å². The predicted octanol–water partition coefficient (Wildman–Crippen LogP) is 1.45. The maximum absolute atomic E-state index is 5.60. The van der Waals surface area contributed by atoms with Crippen LogP contribution in [0.4, 0.5) is 0 Å². The molecule has 0 aliphatic heterocycles. The SMILES string of the molecule is CC(C)CCCC(C)(N)N. The highest BCUT2D eigenvalue weighted by Crippen LogP contribution is 2.09. The molecule has 0 aromatic rings. The van der Waals surface area contributed by atoms with E-state index in [1.165, 1.54) is 6.42 Å². The standard InChI is InChI=1S/C8H20N2/c1-7(2)5-4-6-8(3,9)10/h7H,4-6,9-10H2,1-3H3. The molecule has 2 heteroatoms. The van der Waals surface area contributed by atoms with Gasteiger partial charge in [0.1, 0.15) is 0 Å². The normalized spacial score (nSPS) is 12.6. The first-order valence-electron chi connectivity index (χ1n) is 3.99. The zero-order valence-electron chi connectivity index (χ0n) is 7.35. The van der Waals surface area contributed by atoms with Crippen LogP contribution in [0.1, 0.15) is 40.0 Å². The summed E-state index contributed by atoms with van der Waals surface area (Å²) in [5, 5.41) is 0. The Kier molecular flexibility index (Phi) is 3.91. The van der Waals surface area contributed by atoms with Gasteiger partial charge in [0.2, 0.25) is 0 Å². The van der Waals surface area contributed by atoms with Crippen LogP contribution in [0.15, 0.2) is 0 Å². The number of rotatable bonds is 4. The number of hydrogen-bond acceptors (Lipinski definition) is 2.